The third-order valence-corrected chi connectivity index (χ3v) is 6.76. The third kappa shape index (κ3) is 6.42. The van der Waals surface area contributed by atoms with E-state index >= 15 is 0 Å². The molecule has 0 atom stereocenters. The van der Waals surface area contributed by atoms with Gasteiger partial charge in [-0.1, -0.05) is 17.9 Å². The minimum atomic E-state index is -4.57. The molecule has 0 spiro atoms. The molecule has 0 radical (unpaired) electrons. The van der Waals surface area contributed by atoms with Crippen molar-refractivity contribution in [1.29, 1.82) is 0 Å². The molecular weight excluding hydrogens is 533 g/mol. The number of aryl methyl sites for hydroxylation is 2. The fourth-order valence-corrected chi connectivity index (χ4v) is 4.46. The van der Waals surface area contributed by atoms with Crippen molar-refractivity contribution >= 4 is 28.4 Å². The highest BCUT2D eigenvalue weighted by Crippen LogP contribution is 2.34. The van der Waals surface area contributed by atoms with E-state index in [4.69, 9.17) is 5.73 Å². The normalized spacial score (nSPS) is 14.0. The van der Waals surface area contributed by atoms with Gasteiger partial charge < -0.3 is 16.4 Å². The predicted octanol–water partition coefficient (Wildman–Crippen LogP) is 3.69. The molecule has 5 rings (SSSR count). The molecule has 1 amide bonds. The summed E-state index contributed by atoms with van der Waals surface area (Å²) in [6.07, 6.45) is -0.266. The molecule has 1 saturated heterocycles. The van der Waals surface area contributed by atoms with Crippen LogP contribution in [0.15, 0.2) is 42.9 Å². The van der Waals surface area contributed by atoms with E-state index in [1.165, 1.54) is 36.8 Å². The first kappa shape index (κ1) is 27.9. The second-order valence-corrected chi connectivity index (χ2v) is 9.71. The van der Waals surface area contributed by atoms with Crippen LogP contribution in [-0.4, -0.2) is 56.9 Å². The van der Waals surface area contributed by atoms with E-state index in [9.17, 15) is 18.0 Å². The van der Waals surface area contributed by atoms with Crippen LogP contribution in [0, 0.1) is 25.7 Å². The van der Waals surface area contributed by atoms with Crippen LogP contribution in [0.5, 0.6) is 0 Å². The van der Waals surface area contributed by atoms with Crippen LogP contribution in [0.1, 0.15) is 44.0 Å². The third-order valence-electron chi connectivity index (χ3n) is 6.76. The average molecular weight is 561 g/mol. The van der Waals surface area contributed by atoms with E-state index < -0.39 is 17.6 Å². The van der Waals surface area contributed by atoms with Crippen molar-refractivity contribution in [2.24, 2.45) is 0 Å². The first-order valence-corrected chi connectivity index (χ1v) is 12.9. The maximum absolute atomic E-state index is 13.9. The molecule has 1 fully saturated rings. The molecule has 1 aliphatic rings. The standard InChI is InChI=1S/C29H27F3N8O/c1-17-18(2)38-26-25(37-17)20(15-36-27(26)33)4-3-19-11-22(14-35-13-19)28(41)39-23-6-5-21(24(12-23)29(30,31)32)16-40-9-7-34-8-10-40/h5-6,11-15,34H,7-10,16H2,1-2H3,(H2,33,36)(H,39,41). The molecule has 4 aromatic rings. The van der Waals surface area contributed by atoms with Crippen molar-refractivity contribution in [3.63, 3.8) is 0 Å². The SMILES string of the molecule is Cc1nc2c(C#Cc3cncc(C(=O)Nc4ccc(CN5CCNCC5)c(C(F)(F)F)c4)c3)cnc(N)c2nc1C. The van der Waals surface area contributed by atoms with Crippen molar-refractivity contribution < 1.29 is 18.0 Å². The summed E-state index contributed by atoms with van der Waals surface area (Å²) in [6.45, 7) is 6.63. The molecule has 12 heteroatoms. The molecule has 0 bridgehead atoms. The van der Waals surface area contributed by atoms with Crippen LogP contribution in [0.3, 0.4) is 0 Å². The number of carbonyl (C=O) groups is 1. The minimum Gasteiger partial charge on any atom is -0.382 e. The van der Waals surface area contributed by atoms with Crippen LogP contribution in [-0.2, 0) is 12.7 Å². The zero-order valence-electron chi connectivity index (χ0n) is 22.4. The van der Waals surface area contributed by atoms with E-state index in [0.29, 0.717) is 35.2 Å². The summed E-state index contributed by atoms with van der Waals surface area (Å²) in [4.78, 5) is 32.2. The number of benzene rings is 1. The molecule has 1 aliphatic heterocycles. The Hall–Kier alpha value is -4.60. The lowest BCUT2D eigenvalue weighted by atomic mass is 10.0. The van der Waals surface area contributed by atoms with Crippen LogP contribution in [0.2, 0.25) is 0 Å². The quantitative estimate of drug-likeness (QED) is 0.323. The van der Waals surface area contributed by atoms with Gasteiger partial charge in [-0.05, 0) is 37.6 Å². The van der Waals surface area contributed by atoms with Gasteiger partial charge in [-0.25, -0.2) is 15.0 Å². The van der Waals surface area contributed by atoms with Gasteiger partial charge in [0.1, 0.15) is 11.0 Å². The van der Waals surface area contributed by atoms with Crippen LogP contribution in [0.25, 0.3) is 11.0 Å². The van der Waals surface area contributed by atoms with Gasteiger partial charge >= 0.3 is 6.18 Å². The minimum absolute atomic E-state index is 0.0338. The number of fused-ring (bicyclic) bond motifs is 1. The number of hydrogen-bond acceptors (Lipinski definition) is 8. The second-order valence-electron chi connectivity index (χ2n) is 9.71. The highest BCUT2D eigenvalue weighted by Gasteiger charge is 2.34. The topological polar surface area (TPSA) is 122 Å². The molecule has 0 aliphatic carbocycles. The van der Waals surface area contributed by atoms with Crippen molar-refractivity contribution in [1.82, 2.24) is 30.2 Å². The van der Waals surface area contributed by atoms with E-state index in [1.807, 2.05) is 18.7 Å². The number of nitrogens with zero attached hydrogens (tertiary/aromatic N) is 5. The summed E-state index contributed by atoms with van der Waals surface area (Å²) in [5, 5.41) is 5.74. The van der Waals surface area contributed by atoms with Gasteiger partial charge in [0.25, 0.3) is 5.91 Å². The molecule has 41 heavy (non-hydrogen) atoms. The molecule has 4 N–H and O–H groups in total. The lowest BCUT2D eigenvalue weighted by molar-refractivity contribution is -0.138. The number of aromatic nitrogens is 4. The van der Waals surface area contributed by atoms with Crippen LogP contribution < -0.4 is 16.4 Å². The molecule has 210 valence electrons. The van der Waals surface area contributed by atoms with E-state index in [2.05, 4.69) is 42.4 Å². The van der Waals surface area contributed by atoms with Crippen molar-refractivity contribution in [3.8, 4) is 11.8 Å². The Balaban J connectivity index is 1.37. The Labute approximate surface area is 234 Å². The largest absolute Gasteiger partial charge is 0.416 e. The number of alkyl halides is 3. The van der Waals surface area contributed by atoms with Gasteiger partial charge in [0.2, 0.25) is 0 Å². The number of hydrogen-bond donors (Lipinski definition) is 3. The van der Waals surface area contributed by atoms with E-state index in [-0.39, 0.29) is 29.2 Å². The van der Waals surface area contributed by atoms with E-state index in [0.717, 1.165) is 30.5 Å². The molecule has 3 aromatic heterocycles. The lowest BCUT2D eigenvalue weighted by Gasteiger charge is -2.28. The summed E-state index contributed by atoms with van der Waals surface area (Å²) in [6, 6.07) is 5.37. The lowest BCUT2D eigenvalue weighted by Crippen LogP contribution is -2.43. The fourth-order valence-electron chi connectivity index (χ4n) is 4.46. The van der Waals surface area contributed by atoms with Crippen molar-refractivity contribution in [2.75, 3.05) is 37.2 Å². The number of rotatable bonds is 4. The van der Waals surface area contributed by atoms with Crippen LogP contribution >= 0.6 is 0 Å². The number of nitrogen functional groups attached to an aromatic ring is 1. The van der Waals surface area contributed by atoms with Gasteiger partial charge in [0, 0.05) is 62.6 Å². The zero-order valence-corrected chi connectivity index (χ0v) is 22.4. The Morgan fingerprint density at radius 1 is 1.05 bits per heavy atom. The van der Waals surface area contributed by atoms with Gasteiger partial charge in [-0.15, -0.1) is 0 Å². The number of halogens is 3. The molecule has 4 heterocycles. The summed E-state index contributed by atoms with van der Waals surface area (Å²) < 4.78 is 41.7. The average Bonchev–Trinajstić information content (AvgIpc) is 2.95. The maximum atomic E-state index is 13.9. The number of carbonyl (C=O) groups excluding carboxylic acids is 1. The summed E-state index contributed by atoms with van der Waals surface area (Å²) >= 11 is 0. The van der Waals surface area contributed by atoms with Gasteiger partial charge in [-0.2, -0.15) is 13.2 Å². The Morgan fingerprint density at radius 2 is 1.78 bits per heavy atom. The van der Waals surface area contributed by atoms with Gasteiger partial charge in [0.05, 0.1) is 28.1 Å². The van der Waals surface area contributed by atoms with Crippen molar-refractivity contribution in [2.45, 2.75) is 26.6 Å². The summed E-state index contributed by atoms with van der Waals surface area (Å²) in [7, 11) is 0. The first-order valence-electron chi connectivity index (χ1n) is 12.9. The Kier molecular flexibility index (Phi) is 7.83. The first-order chi connectivity index (χ1) is 19.6. The Morgan fingerprint density at radius 3 is 2.51 bits per heavy atom. The second kappa shape index (κ2) is 11.5. The summed E-state index contributed by atoms with van der Waals surface area (Å²) in [5.74, 6) is 5.56. The number of amides is 1. The van der Waals surface area contributed by atoms with Crippen molar-refractivity contribution in [3.05, 3.63) is 82.1 Å². The molecule has 1 aromatic carbocycles. The summed E-state index contributed by atoms with van der Waals surface area (Å²) in [5.41, 5.74) is 8.87. The zero-order chi connectivity index (χ0) is 29.1. The number of anilines is 2. The smallest absolute Gasteiger partial charge is 0.382 e. The highest BCUT2D eigenvalue weighted by molar-refractivity contribution is 6.04. The molecule has 0 unspecified atom stereocenters. The maximum Gasteiger partial charge on any atom is 0.416 e. The molecular formula is C29H27F3N8O. The number of piperazine rings is 1. The van der Waals surface area contributed by atoms with Gasteiger partial charge in [0.15, 0.2) is 5.82 Å². The molecule has 0 saturated carbocycles. The van der Waals surface area contributed by atoms with E-state index in [1.54, 1.807) is 0 Å². The number of pyridine rings is 2. The highest BCUT2D eigenvalue weighted by atomic mass is 19.4. The van der Waals surface area contributed by atoms with Gasteiger partial charge in [-0.3, -0.25) is 14.7 Å². The molecule has 9 nitrogen and oxygen atoms in total. The van der Waals surface area contributed by atoms with Crippen LogP contribution in [0.4, 0.5) is 24.7 Å². The number of nitrogens with one attached hydrogen (secondary N) is 2. The Bertz CT molecular complexity index is 1690. The fraction of sp³-hybridized carbons (Fsp3) is 0.276. The number of nitrogens with two attached hydrogens (primary N) is 1. The predicted molar refractivity (Wildman–Crippen MR) is 149 cm³/mol. The monoisotopic (exact) mass is 560 g/mol.